The molecule has 1 aromatic heterocycles. The minimum Gasteiger partial charge on any atom is -0.356 e. The van der Waals surface area contributed by atoms with E-state index in [9.17, 15) is 8.42 Å². The Morgan fingerprint density at radius 2 is 1.78 bits per heavy atom. The first-order valence-electron chi connectivity index (χ1n) is 8.89. The molecule has 1 heterocycles. The zero-order valence-corrected chi connectivity index (χ0v) is 17.1. The first-order chi connectivity index (χ1) is 12.7. The molecule has 0 aliphatic carbocycles. The lowest BCUT2D eigenvalue weighted by Crippen LogP contribution is -2.16. The summed E-state index contributed by atoms with van der Waals surface area (Å²) in [5.41, 5.74) is 5.58. The molecule has 3 aromatic rings. The number of aromatic nitrogens is 1. The Morgan fingerprint density at radius 3 is 2.41 bits per heavy atom. The number of para-hydroxylation sites is 1. The Kier molecular flexibility index (Phi) is 5.11. The summed E-state index contributed by atoms with van der Waals surface area (Å²) in [5.74, 6) is 0.592. The number of nitrogens with zero attached hydrogens (tertiary/aromatic N) is 1. The fourth-order valence-corrected chi connectivity index (χ4v) is 4.52. The normalized spacial score (nSPS) is 11.6. The molecule has 6 heteroatoms. The molecule has 142 valence electrons. The molecule has 0 radical (unpaired) electrons. The third-order valence-electron chi connectivity index (χ3n) is 4.87. The molecule has 5 nitrogen and oxygen atoms in total. The van der Waals surface area contributed by atoms with Crippen molar-refractivity contribution >= 4 is 15.7 Å². The molecule has 0 spiro atoms. The molecule has 2 aromatic carbocycles. The Labute approximate surface area is 160 Å². The summed E-state index contributed by atoms with van der Waals surface area (Å²) >= 11 is 0. The van der Waals surface area contributed by atoms with E-state index in [2.05, 4.69) is 9.88 Å². The molecule has 3 rings (SSSR count). The monoisotopic (exact) mass is 384 g/mol. The maximum atomic E-state index is 13.2. The summed E-state index contributed by atoms with van der Waals surface area (Å²) in [6.45, 7) is 9.47. The van der Waals surface area contributed by atoms with Gasteiger partial charge >= 0.3 is 0 Å². The number of sulfonamides is 1. The van der Waals surface area contributed by atoms with Crippen LogP contribution in [0, 0.1) is 27.7 Å². The van der Waals surface area contributed by atoms with Gasteiger partial charge in [-0.05, 0) is 56.9 Å². The maximum Gasteiger partial charge on any atom is 0.262 e. The topological polar surface area (TPSA) is 72.2 Å². The van der Waals surface area contributed by atoms with Crippen molar-refractivity contribution in [1.29, 1.82) is 0 Å². The third kappa shape index (κ3) is 3.62. The molecule has 0 saturated heterocycles. The summed E-state index contributed by atoms with van der Waals surface area (Å²) in [7, 11) is -3.75. The predicted octanol–water partition coefficient (Wildman–Crippen LogP) is 4.94. The highest BCUT2D eigenvalue weighted by molar-refractivity contribution is 7.92. The lowest BCUT2D eigenvalue weighted by molar-refractivity contribution is 0.427. The number of benzene rings is 2. The van der Waals surface area contributed by atoms with Crippen LogP contribution in [0.5, 0.6) is 0 Å². The van der Waals surface area contributed by atoms with Gasteiger partial charge < -0.3 is 4.52 Å². The van der Waals surface area contributed by atoms with Gasteiger partial charge in [-0.2, -0.15) is 0 Å². The zero-order valence-electron chi connectivity index (χ0n) is 16.3. The van der Waals surface area contributed by atoms with Crippen LogP contribution in [0.4, 0.5) is 5.69 Å². The molecule has 0 atom stereocenters. The van der Waals surface area contributed by atoms with E-state index in [0.717, 1.165) is 28.8 Å². The fraction of sp³-hybridized carbons (Fsp3) is 0.286. The zero-order chi connectivity index (χ0) is 19.8. The molecular formula is C21H24N2O3S. The Bertz CT molecular complexity index is 1100. The summed E-state index contributed by atoms with van der Waals surface area (Å²) in [4.78, 5) is 0.235. The van der Waals surface area contributed by atoms with Gasteiger partial charge in [0.2, 0.25) is 0 Å². The molecule has 1 N–H and O–H groups in total. The number of anilines is 1. The van der Waals surface area contributed by atoms with Gasteiger partial charge in [-0.3, -0.25) is 4.72 Å². The van der Waals surface area contributed by atoms with E-state index in [1.54, 1.807) is 19.1 Å². The van der Waals surface area contributed by atoms with E-state index in [0.29, 0.717) is 22.6 Å². The first kappa shape index (κ1) is 19.2. The van der Waals surface area contributed by atoms with E-state index < -0.39 is 10.0 Å². The van der Waals surface area contributed by atoms with Crippen LogP contribution in [0.1, 0.15) is 34.9 Å². The lowest BCUT2D eigenvalue weighted by atomic mass is 10.1. The van der Waals surface area contributed by atoms with Gasteiger partial charge in [0.25, 0.3) is 10.0 Å². The first-order valence-corrected chi connectivity index (χ1v) is 10.4. The second-order valence-electron chi connectivity index (χ2n) is 6.77. The van der Waals surface area contributed by atoms with Crippen molar-refractivity contribution in [3.63, 3.8) is 0 Å². The summed E-state index contributed by atoms with van der Waals surface area (Å²) < 4.78 is 34.5. The number of hydrogen-bond donors (Lipinski definition) is 1. The van der Waals surface area contributed by atoms with Crippen LogP contribution in [-0.4, -0.2) is 13.6 Å². The Balaban J connectivity index is 2.08. The highest BCUT2D eigenvalue weighted by Crippen LogP contribution is 2.31. The second kappa shape index (κ2) is 7.19. The second-order valence-corrected chi connectivity index (χ2v) is 8.42. The molecule has 0 unspecified atom stereocenters. The van der Waals surface area contributed by atoms with Crippen molar-refractivity contribution in [3.8, 4) is 11.3 Å². The van der Waals surface area contributed by atoms with Crippen molar-refractivity contribution in [2.75, 3.05) is 4.72 Å². The van der Waals surface area contributed by atoms with Crippen LogP contribution < -0.4 is 4.72 Å². The van der Waals surface area contributed by atoms with E-state index >= 15 is 0 Å². The number of rotatable bonds is 5. The van der Waals surface area contributed by atoms with Gasteiger partial charge in [-0.15, -0.1) is 0 Å². The maximum absolute atomic E-state index is 13.2. The van der Waals surface area contributed by atoms with Crippen molar-refractivity contribution in [1.82, 2.24) is 5.16 Å². The molecule has 0 saturated carbocycles. The fourth-order valence-electron chi connectivity index (χ4n) is 3.07. The van der Waals surface area contributed by atoms with Gasteiger partial charge in [0.05, 0.1) is 16.3 Å². The van der Waals surface area contributed by atoms with E-state index in [1.165, 1.54) is 0 Å². The highest BCUT2D eigenvalue weighted by atomic mass is 32.2. The average molecular weight is 385 g/mol. The standard InChI is InChI=1S/C21H24N2O3S/c1-6-17-9-7-8-14(3)20(17)23-27(24,25)19-12-18(11-10-13(19)2)21-15(4)16(5)22-26-21/h7-12,23H,6H2,1-5H3. The van der Waals surface area contributed by atoms with Gasteiger partial charge in [-0.1, -0.05) is 42.4 Å². The van der Waals surface area contributed by atoms with Crippen LogP contribution >= 0.6 is 0 Å². The largest absolute Gasteiger partial charge is 0.356 e. The van der Waals surface area contributed by atoms with Crippen LogP contribution in [0.25, 0.3) is 11.3 Å². The van der Waals surface area contributed by atoms with Crippen molar-refractivity contribution in [2.45, 2.75) is 45.9 Å². The minimum atomic E-state index is -3.75. The van der Waals surface area contributed by atoms with Gasteiger partial charge in [0, 0.05) is 11.1 Å². The smallest absolute Gasteiger partial charge is 0.262 e. The molecule has 27 heavy (non-hydrogen) atoms. The molecular weight excluding hydrogens is 360 g/mol. The molecule has 0 aliphatic rings. The summed E-state index contributed by atoms with van der Waals surface area (Å²) in [5, 5.41) is 3.97. The average Bonchev–Trinajstić information content (AvgIpc) is 2.96. The van der Waals surface area contributed by atoms with Crippen LogP contribution in [-0.2, 0) is 16.4 Å². The third-order valence-corrected chi connectivity index (χ3v) is 6.37. The summed E-state index contributed by atoms with van der Waals surface area (Å²) in [6.07, 6.45) is 0.745. The van der Waals surface area contributed by atoms with Crippen molar-refractivity contribution in [3.05, 3.63) is 64.3 Å². The summed E-state index contributed by atoms with van der Waals surface area (Å²) in [6, 6.07) is 11.1. The quantitative estimate of drug-likeness (QED) is 0.676. The minimum absolute atomic E-state index is 0.235. The van der Waals surface area contributed by atoms with E-state index in [-0.39, 0.29) is 4.90 Å². The lowest BCUT2D eigenvalue weighted by Gasteiger charge is -2.16. The van der Waals surface area contributed by atoms with E-state index in [1.807, 2.05) is 52.0 Å². The Hall–Kier alpha value is -2.60. The molecule has 0 amide bonds. The van der Waals surface area contributed by atoms with Crippen molar-refractivity contribution in [2.24, 2.45) is 0 Å². The predicted molar refractivity (Wildman–Crippen MR) is 108 cm³/mol. The molecule has 0 fully saturated rings. The number of aryl methyl sites for hydroxylation is 4. The van der Waals surface area contributed by atoms with Gasteiger partial charge in [0.1, 0.15) is 0 Å². The number of hydrogen-bond acceptors (Lipinski definition) is 4. The van der Waals surface area contributed by atoms with Gasteiger partial charge in [0.15, 0.2) is 5.76 Å². The van der Waals surface area contributed by atoms with E-state index in [4.69, 9.17) is 4.52 Å². The van der Waals surface area contributed by atoms with Crippen LogP contribution in [0.2, 0.25) is 0 Å². The number of nitrogens with one attached hydrogen (secondary N) is 1. The molecule has 0 aliphatic heterocycles. The van der Waals surface area contributed by atoms with Crippen molar-refractivity contribution < 1.29 is 12.9 Å². The highest BCUT2D eigenvalue weighted by Gasteiger charge is 2.21. The SMILES string of the molecule is CCc1cccc(C)c1NS(=O)(=O)c1cc(-c2onc(C)c2C)ccc1C. The van der Waals surface area contributed by atoms with Crippen LogP contribution in [0.15, 0.2) is 45.8 Å². The van der Waals surface area contributed by atoms with Gasteiger partial charge in [-0.25, -0.2) is 8.42 Å². The molecule has 0 bridgehead atoms. The Morgan fingerprint density at radius 1 is 1.04 bits per heavy atom. The van der Waals surface area contributed by atoms with Crippen LogP contribution in [0.3, 0.4) is 0 Å².